The molecular weight excluding hydrogens is 320 g/mol. The van der Waals surface area contributed by atoms with Crippen LogP contribution in [0.4, 0.5) is 0 Å². The SMILES string of the molecule is O=C(NC1CCCCCC1)c1cc2c(=O)[nH]c3ccccc3c2s1. The molecule has 24 heavy (non-hydrogen) atoms. The van der Waals surface area contributed by atoms with Gasteiger partial charge in [-0.15, -0.1) is 11.3 Å². The zero-order valence-corrected chi connectivity index (χ0v) is 14.2. The molecule has 2 heterocycles. The van der Waals surface area contributed by atoms with Gasteiger partial charge in [0.2, 0.25) is 0 Å². The van der Waals surface area contributed by atoms with Crippen molar-refractivity contribution in [3.63, 3.8) is 0 Å². The van der Waals surface area contributed by atoms with Crippen LogP contribution in [-0.2, 0) is 0 Å². The first-order chi connectivity index (χ1) is 11.7. The van der Waals surface area contributed by atoms with E-state index in [0.29, 0.717) is 10.3 Å². The van der Waals surface area contributed by atoms with E-state index in [-0.39, 0.29) is 17.5 Å². The molecule has 4 nitrogen and oxygen atoms in total. The van der Waals surface area contributed by atoms with Crippen molar-refractivity contribution in [2.45, 2.75) is 44.6 Å². The van der Waals surface area contributed by atoms with Gasteiger partial charge in [0.25, 0.3) is 11.5 Å². The van der Waals surface area contributed by atoms with Gasteiger partial charge in [0.1, 0.15) is 0 Å². The number of aromatic nitrogens is 1. The van der Waals surface area contributed by atoms with Crippen molar-refractivity contribution in [3.05, 3.63) is 45.6 Å². The van der Waals surface area contributed by atoms with Crippen LogP contribution in [0.25, 0.3) is 21.0 Å². The Hall–Kier alpha value is -2.14. The van der Waals surface area contributed by atoms with Gasteiger partial charge in [-0.1, -0.05) is 43.9 Å². The van der Waals surface area contributed by atoms with Crippen LogP contribution in [0.1, 0.15) is 48.2 Å². The number of nitrogens with one attached hydrogen (secondary N) is 2. The van der Waals surface area contributed by atoms with Gasteiger partial charge in [-0.3, -0.25) is 9.59 Å². The summed E-state index contributed by atoms with van der Waals surface area (Å²) in [5, 5.41) is 4.76. The highest BCUT2D eigenvalue weighted by molar-refractivity contribution is 7.21. The van der Waals surface area contributed by atoms with Gasteiger partial charge in [0.05, 0.1) is 10.3 Å². The van der Waals surface area contributed by atoms with Crippen LogP contribution in [0.15, 0.2) is 35.1 Å². The van der Waals surface area contributed by atoms with Crippen molar-refractivity contribution >= 4 is 38.2 Å². The molecule has 0 atom stereocenters. The van der Waals surface area contributed by atoms with E-state index < -0.39 is 0 Å². The third-order valence-electron chi connectivity index (χ3n) is 4.81. The first-order valence-electron chi connectivity index (χ1n) is 8.58. The summed E-state index contributed by atoms with van der Waals surface area (Å²) < 4.78 is 0.889. The van der Waals surface area contributed by atoms with Crippen molar-refractivity contribution in [2.75, 3.05) is 0 Å². The molecule has 0 bridgehead atoms. The maximum absolute atomic E-state index is 12.6. The molecule has 5 heteroatoms. The third kappa shape index (κ3) is 2.84. The molecule has 1 aliphatic carbocycles. The van der Waals surface area contributed by atoms with Gasteiger partial charge in [-0.05, 0) is 25.0 Å². The normalized spacial score (nSPS) is 16.3. The highest BCUT2D eigenvalue weighted by Gasteiger charge is 2.19. The molecule has 0 saturated heterocycles. The number of amides is 1. The lowest BCUT2D eigenvalue weighted by Gasteiger charge is -2.15. The standard InChI is InChI=1S/C19H20N2O2S/c22-18-14-11-16(19(23)20-12-7-3-1-2-4-8-12)24-17(14)13-9-5-6-10-15(13)21-18/h5-6,9-12H,1-4,7-8H2,(H,20,23)(H,21,22). The highest BCUT2D eigenvalue weighted by atomic mass is 32.1. The Kier molecular flexibility index (Phi) is 4.10. The second-order valence-corrected chi connectivity index (χ2v) is 7.57. The van der Waals surface area contributed by atoms with Crippen LogP contribution in [0.5, 0.6) is 0 Å². The Labute approximate surface area is 143 Å². The molecule has 1 saturated carbocycles. The van der Waals surface area contributed by atoms with Crippen molar-refractivity contribution in [3.8, 4) is 0 Å². The molecule has 0 spiro atoms. The summed E-state index contributed by atoms with van der Waals surface area (Å²) >= 11 is 1.41. The lowest BCUT2D eigenvalue weighted by atomic mass is 10.1. The van der Waals surface area contributed by atoms with Gasteiger partial charge in [-0.2, -0.15) is 0 Å². The number of fused-ring (bicyclic) bond motifs is 3. The number of carbonyl (C=O) groups excluding carboxylic acids is 1. The molecule has 1 amide bonds. The molecule has 1 fully saturated rings. The van der Waals surface area contributed by atoms with E-state index in [4.69, 9.17) is 0 Å². The summed E-state index contributed by atoms with van der Waals surface area (Å²) in [7, 11) is 0. The van der Waals surface area contributed by atoms with Gasteiger partial charge in [0.15, 0.2) is 0 Å². The number of rotatable bonds is 2. The van der Waals surface area contributed by atoms with E-state index >= 15 is 0 Å². The number of H-pyrrole nitrogens is 1. The van der Waals surface area contributed by atoms with Crippen molar-refractivity contribution in [1.29, 1.82) is 0 Å². The number of pyridine rings is 1. The van der Waals surface area contributed by atoms with Gasteiger partial charge >= 0.3 is 0 Å². The molecule has 2 N–H and O–H groups in total. The second-order valence-electron chi connectivity index (χ2n) is 6.52. The van der Waals surface area contributed by atoms with Crippen molar-refractivity contribution < 1.29 is 4.79 Å². The van der Waals surface area contributed by atoms with Gasteiger partial charge < -0.3 is 10.3 Å². The average molecular weight is 340 g/mol. The van der Waals surface area contributed by atoms with Crippen LogP contribution in [0.2, 0.25) is 0 Å². The topological polar surface area (TPSA) is 62.0 Å². The van der Waals surface area contributed by atoms with E-state index in [9.17, 15) is 9.59 Å². The van der Waals surface area contributed by atoms with E-state index in [0.717, 1.165) is 28.4 Å². The summed E-state index contributed by atoms with van der Waals surface area (Å²) in [6.07, 6.45) is 7.00. The zero-order valence-electron chi connectivity index (χ0n) is 13.4. The van der Waals surface area contributed by atoms with Gasteiger partial charge in [-0.25, -0.2) is 0 Å². The summed E-state index contributed by atoms with van der Waals surface area (Å²) in [6.45, 7) is 0. The molecule has 0 unspecified atom stereocenters. The molecule has 4 rings (SSSR count). The first kappa shape index (κ1) is 15.4. The molecule has 124 valence electrons. The maximum atomic E-state index is 12.6. The lowest BCUT2D eigenvalue weighted by Crippen LogP contribution is -2.33. The van der Waals surface area contributed by atoms with E-state index in [1.165, 1.54) is 37.0 Å². The number of hydrogen-bond donors (Lipinski definition) is 2. The summed E-state index contributed by atoms with van der Waals surface area (Å²) in [5.41, 5.74) is 0.682. The minimum atomic E-state index is -0.131. The number of hydrogen-bond acceptors (Lipinski definition) is 3. The molecular formula is C19H20N2O2S. The van der Waals surface area contributed by atoms with Gasteiger partial charge in [0, 0.05) is 21.6 Å². The number of thiophene rings is 1. The number of carbonyl (C=O) groups is 1. The fourth-order valence-corrected chi connectivity index (χ4v) is 4.63. The van der Waals surface area contributed by atoms with Crippen LogP contribution in [0.3, 0.4) is 0 Å². The number of benzene rings is 1. The smallest absolute Gasteiger partial charge is 0.261 e. The Bertz CT molecular complexity index is 949. The monoisotopic (exact) mass is 340 g/mol. The average Bonchev–Trinajstić information content (AvgIpc) is 2.89. The zero-order chi connectivity index (χ0) is 16.5. The molecule has 2 aromatic heterocycles. The highest BCUT2D eigenvalue weighted by Crippen LogP contribution is 2.29. The van der Waals surface area contributed by atoms with Crippen LogP contribution in [-0.4, -0.2) is 16.9 Å². The molecule has 0 aliphatic heterocycles. The molecule has 1 aromatic carbocycles. The first-order valence-corrected chi connectivity index (χ1v) is 9.39. The second kappa shape index (κ2) is 6.40. The van der Waals surface area contributed by atoms with Crippen LogP contribution >= 0.6 is 11.3 Å². The van der Waals surface area contributed by atoms with E-state index in [1.807, 2.05) is 24.3 Å². The third-order valence-corrected chi connectivity index (χ3v) is 5.98. The number of aromatic amines is 1. The van der Waals surface area contributed by atoms with Crippen molar-refractivity contribution in [2.24, 2.45) is 0 Å². The molecule has 0 radical (unpaired) electrons. The fraction of sp³-hybridized carbons (Fsp3) is 0.368. The quantitative estimate of drug-likeness (QED) is 0.687. The summed E-state index contributed by atoms with van der Waals surface area (Å²) in [6, 6.07) is 9.72. The van der Waals surface area contributed by atoms with Crippen LogP contribution < -0.4 is 10.9 Å². The van der Waals surface area contributed by atoms with Crippen molar-refractivity contribution in [1.82, 2.24) is 10.3 Å². The predicted octanol–water partition coefficient (Wildman–Crippen LogP) is 4.20. The minimum Gasteiger partial charge on any atom is -0.349 e. The summed E-state index contributed by atoms with van der Waals surface area (Å²) in [4.78, 5) is 28.4. The minimum absolute atomic E-state index is 0.0495. The van der Waals surface area contributed by atoms with E-state index in [1.54, 1.807) is 6.07 Å². The Morgan fingerprint density at radius 2 is 1.83 bits per heavy atom. The summed E-state index contributed by atoms with van der Waals surface area (Å²) in [5.74, 6) is -0.0495. The van der Waals surface area contributed by atoms with E-state index in [2.05, 4.69) is 10.3 Å². The molecule has 1 aliphatic rings. The Morgan fingerprint density at radius 3 is 2.62 bits per heavy atom. The Morgan fingerprint density at radius 1 is 1.08 bits per heavy atom. The maximum Gasteiger partial charge on any atom is 0.261 e. The van der Waals surface area contributed by atoms with Crippen LogP contribution in [0, 0.1) is 0 Å². The Balaban J connectivity index is 1.69. The largest absolute Gasteiger partial charge is 0.349 e. The fourth-order valence-electron chi connectivity index (χ4n) is 3.53. The number of para-hydroxylation sites is 1. The predicted molar refractivity (Wildman–Crippen MR) is 98.9 cm³/mol. The lowest BCUT2D eigenvalue weighted by molar-refractivity contribution is 0.0937. The molecule has 3 aromatic rings.